The maximum absolute atomic E-state index is 5.86. The van der Waals surface area contributed by atoms with Crippen LogP contribution >= 0.6 is 0 Å². The number of hydrogen-bond acceptors (Lipinski definition) is 3. The molecular weight excluding hydrogens is 238 g/mol. The lowest BCUT2D eigenvalue weighted by Crippen LogP contribution is -1.99. The first-order chi connectivity index (χ1) is 9.11. The molecule has 2 N–H and O–H groups in total. The predicted molar refractivity (Wildman–Crippen MR) is 76.2 cm³/mol. The smallest absolute Gasteiger partial charge is 0.146 e. The molecule has 0 saturated carbocycles. The Hall–Kier alpha value is -1.74. The fourth-order valence-corrected chi connectivity index (χ4v) is 2.10. The van der Waals surface area contributed by atoms with Crippen molar-refractivity contribution in [3.8, 4) is 5.75 Å². The number of para-hydroxylation sites is 1. The van der Waals surface area contributed by atoms with Crippen LogP contribution in [0.5, 0.6) is 5.75 Å². The average molecular weight is 259 g/mol. The monoisotopic (exact) mass is 259 g/mol. The van der Waals surface area contributed by atoms with E-state index in [4.69, 9.17) is 14.9 Å². The Morgan fingerprint density at radius 2 is 2.00 bits per heavy atom. The van der Waals surface area contributed by atoms with E-state index in [-0.39, 0.29) is 0 Å². The van der Waals surface area contributed by atoms with Gasteiger partial charge in [-0.25, -0.2) is 0 Å². The number of nitrogens with two attached hydrogens (primary N) is 1. The van der Waals surface area contributed by atoms with E-state index in [2.05, 4.69) is 19.9 Å². The van der Waals surface area contributed by atoms with E-state index >= 15 is 0 Å². The second-order valence-corrected chi connectivity index (χ2v) is 4.98. The standard InChI is InChI=1S/C16H21NO2/c1-11(2)15-6-4-5-7-16(15)18-10-14-8-13(9-17)12(3)19-14/h4-8,11H,9-10,17H2,1-3H3. The highest BCUT2D eigenvalue weighted by Gasteiger charge is 2.10. The lowest BCUT2D eigenvalue weighted by atomic mass is 10.0. The van der Waals surface area contributed by atoms with Gasteiger partial charge >= 0.3 is 0 Å². The van der Waals surface area contributed by atoms with Gasteiger partial charge in [0.05, 0.1) is 0 Å². The van der Waals surface area contributed by atoms with Crippen molar-refractivity contribution in [3.05, 3.63) is 53.0 Å². The molecule has 1 aromatic heterocycles. The summed E-state index contributed by atoms with van der Waals surface area (Å²) in [5, 5.41) is 0. The van der Waals surface area contributed by atoms with Gasteiger partial charge in [0.25, 0.3) is 0 Å². The molecule has 0 atom stereocenters. The summed E-state index contributed by atoms with van der Waals surface area (Å²) in [5.74, 6) is 3.05. The van der Waals surface area contributed by atoms with Gasteiger partial charge in [0, 0.05) is 12.1 Å². The molecule has 0 saturated heterocycles. The lowest BCUT2D eigenvalue weighted by Gasteiger charge is -2.12. The first-order valence-electron chi connectivity index (χ1n) is 6.61. The third kappa shape index (κ3) is 3.18. The number of furan rings is 1. The number of aryl methyl sites for hydroxylation is 1. The molecule has 0 amide bonds. The Labute approximate surface area is 114 Å². The molecule has 0 unspecified atom stereocenters. The zero-order valence-corrected chi connectivity index (χ0v) is 11.8. The van der Waals surface area contributed by atoms with Crippen LogP contribution in [-0.4, -0.2) is 0 Å². The summed E-state index contributed by atoms with van der Waals surface area (Å²) >= 11 is 0. The molecule has 3 nitrogen and oxygen atoms in total. The molecule has 0 aliphatic heterocycles. The van der Waals surface area contributed by atoms with E-state index in [1.807, 2.05) is 31.2 Å². The molecule has 0 fully saturated rings. The Bertz CT molecular complexity index is 543. The van der Waals surface area contributed by atoms with Crippen LogP contribution in [0, 0.1) is 6.92 Å². The van der Waals surface area contributed by atoms with Crippen molar-refractivity contribution in [1.82, 2.24) is 0 Å². The van der Waals surface area contributed by atoms with Gasteiger partial charge in [0.2, 0.25) is 0 Å². The normalized spacial score (nSPS) is 11.0. The van der Waals surface area contributed by atoms with Crippen LogP contribution in [-0.2, 0) is 13.2 Å². The maximum atomic E-state index is 5.86. The van der Waals surface area contributed by atoms with Gasteiger partial charge in [-0.15, -0.1) is 0 Å². The number of benzene rings is 1. The molecule has 0 spiro atoms. The summed E-state index contributed by atoms with van der Waals surface area (Å²) in [6.45, 7) is 7.17. The Balaban J connectivity index is 2.10. The van der Waals surface area contributed by atoms with Crippen molar-refractivity contribution in [1.29, 1.82) is 0 Å². The molecule has 0 bridgehead atoms. The molecule has 102 valence electrons. The van der Waals surface area contributed by atoms with E-state index in [0.29, 0.717) is 19.1 Å². The van der Waals surface area contributed by atoms with Crippen molar-refractivity contribution in [2.75, 3.05) is 0 Å². The molecule has 0 radical (unpaired) electrons. The zero-order valence-electron chi connectivity index (χ0n) is 11.8. The van der Waals surface area contributed by atoms with Crippen LogP contribution in [0.3, 0.4) is 0 Å². The van der Waals surface area contributed by atoms with E-state index in [1.54, 1.807) is 0 Å². The summed E-state index contributed by atoms with van der Waals surface area (Å²) < 4.78 is 11.5. The highest BCUT2D eigenvalue weighted by molar-refractivity contribution is 5.35. The highest BCUT2D eigenvalue weighted by atomic mass is 16.5. The summed E-state index contributed by atoms with van der Waals surface area (Å²) in [5.41, 5.74) is 7.88. The van der Waals surface area contributed by atoms with Crippen molar-refractivity contribution < 1.29 is 9.15 Å². The Morgan fingerprint density at radius 1 is 1.26 bits per heavy atom. The van der Waals surface area contributed by atoms with Crippen LogP contribution in [0.25, 0.3) is 0 Å². The third-order valence-electron chi connectivity index (χ3n) is 3.20. The molecule has 19 heavy (non-hydrogen) atoms. The predicted octanol–water partition coefficient (Wildman–Crippen LogP) is 3.75. The van der Waals surface area contributed by atoms with Gasteiger partial charge in [0.1, 0.15) is 23.9 Å². The van der Waals surface area contributed by atoms with E-state index < -0.39 is 0 Å². The molecular formula is C16H21NO2. The molecule has 1 aromatic carbocycles. The highest BCUT2D eigenvalue weighted by Crippen LogP contribution is 2.27. The summed E-state index contributed by atoms with van der Waals surface area (Å²) in [7, 11) is 0. The van der Waals surface area contributed by atoms with E-state index in [1.165, 1.54) is 5.56 Å². The van der Waals surface area contributed by atoms with Crippen molar-refractivity contribution in [3.63, 3.8) is 0 Å². The number of ether oxygens (including phenoxy) is 1. The summed E-state index contributed by atoms with van der Waals surface area (Å²) in [6.07, 6.45) is 0. The van der Waals surface area contributed by atoms with Crippen molar-refractivity contribution in [2.24, 2.45) is 5.73 Å². The molecule has 1 heterocycles. The molecule has 3 heteroatoms. The first-order valence-corrected chi connectivity index (χ1v) is 6.61. The quantitative estimate of drug-likeness (QED) is 0.889. The second-order valence-electron chi connectivity index (χ2n) is 4.98. The zero-order chi connectivity index (χ0) is 13.8. The largest absolute Gasteiger partial charge is 0.485 e. The van der Waals surface area contributed by atoms with Gasteiger partial charge < -0.3 is 14.9 Å². The third-order valence-corrected chi connectivity index (χ3v) is 3.20. The summed E-state index contributed by atoms with van der Waals surface area (Å²) in [4.78, 5) is 0. The van der Waals surface area contributed by atoms with E-state index in [0.717, 1.165) is 22.8 Å². The number of hydrogen-bond donors (Lipinski definition) is 1. The Morgan fingerprint density at radius 3 is 2.63 bits per heavy atom. The van der Waals surface area contributed by atoms with Crippen molar-refractivity contribution in [2.45, 2.75) is 39.8 Å². The Kier molecular flexibility index (Phi) is 4.27. The first kappa shape index (κ1) is 13.7. The minimum Gasteiger partial charge on any atom is -0.485 e. The molecule has 2 aromatic rings. The SMILES string of the molecule is Cc1oc(COc2ccccc2C(C)C)cc1CN. The maximum Gasteiger partial charge on any atom is 0.146 e. The van der Waals surface area contributed by atoms with Gasteiger partial charge in [-0.05, 0) is 30.5 Å². The number of rotatable bonds is 5. The molecule has 2 rings (SSSR count). The van der Waals surface area contributed by atoms with Crippen LogP contribution in [0.15, 0.2) is 34.7 Å². The minimum atomic E-state index is 0.435. The van der Waals surface area contributed by atoms with Crippen LogP contribution in [0.2, 0.25) is 0 Å². The topological polar surface area (TPSA) is 48.4 Å². The summed E-state index contributed by atoms with van der Waals surface area (Å²) in [6, 6.07) is 10.1. The fourth-order valence-electron chi connectivity index (χ4n) is 2.10. The van der Waals surface area contributed by atoms with Crippen molar-refractivity contribution >= 4 is 0 Å². The van der Waals surface area contributed by atoms with Gasteiger partial charge in [-0.3, -0.25) is 0 Å². The minimum absolute atomic E-state index is 0.435. The van der Waals surface area contributed by atoms with Gasteiger partial charge in [0.15, 0.2) is 0 Å². The van der Waals surface area contributed by atoms with Gasteiger partial charge in [-0.1, -0.05) is 32.0 Å². The average Bonchev–Trinajstić information content (AvgIpc) is 2.77. The second kappa shape index (κ2) is 5.93. The fraction of sp³-hybridized carbons (Fsp3) is 0.375. The lowest BCUT2D eigenvalue weighted by molar-refractivity contribution is 0.264. The van der Waals surface area contributed by atoms with Crippen LogP contribution in [0.4, 0.5) is 0 Å². The molecule has 0 aliphatic carbocycles. The molecule has 0 aliphatic rings. The van der Waals surface area contributed by atoms with E-state index in [9.17, 15) is 0 Å². The van der Waals surface area contributed by atoms with Crippen LogP contribution in [0.1, 0.15) is 42.4 Å². The van der Waals surface area contributed by atoms with Gasteiger partial charge in [-0.2, -0.15) is 0 Å². The van der Waals surface area contributed by atoms with Crippen LogP contribution < -0.4 is 10.5 Å².